The van der Waals surface area contributed by atoms with Crippen LogP contribution in [0.25, 0.3) is 0 Å². The van der Waals surface area contributed by atoms with Crippen LogP contribution in [0.1, 0.15) is 29.3 Å². The van der Waals surface area contributed by atoms with Crippen LogP contribution < -0.4 is 4.74 Å². The zero-order valence-corrected chi connectivity index (χ0v) is 9.88. The molecule has 0 atom stereocenters. The Morgan fingerprint density at radius 1 is 1.44 bits per heavy atom. The molecule has 1 aromatic carbocycles. The first kappa shape index (κ1) is 11.2. The molecular formula is C13H13ClO2. The van der Waals surface area contributed by atoms with Gasteiger partial charge in [-0.15, -0.1) is 0 Å². The summed E-state index contributed by atoms with van der Waals surface area (Å²) in [5, 5.41) is 0. The number of ketones is 1. The van der Waals surface area contributed by atoms with Gasteiger partial charge in [-0.3, -0.25) is 4.79 Å². The van der Waals surface area contributed by atoms with E-state index in [1.807, 2.05) is 12.1 Å². The Morgan fingerprint density at radius 3 is 2.94 bits per heavy atom. The van der Waals surface area contributed by atoms with E-state index in [0.29, 0.717) is 6.61 Å². The summed E-state index contributed by atoms with van der Waals surface area (Å²) < 4.78 is 5.62. The second kappa shape index (κ2) is 4.71. The second-order valence-electron chi connectivity index (χ2n) is 3.93. The van der Waals surface area contributed by atoms with Gasteiger partial charge < -0.3 is 4.74 Å². The van der Waals surface area contributed by atoms with Crippen LogP contribution in [0, 0.1) is 0 Å². The molecule has 0 saturated carbocycles. The van der Waals surface area contributed by atoms with Crippen molar-refractivity contribution in [2.45, 2.75) is 19.8 Å². The lowest BCUT2D eigenvalue weighted by Gasteiger charge is -2.07. The van der Waals surface area contributed by atoms with Gasteiger partial charge in [0.25, 0.3) is 0 Å². The molecule has 2 rings (SSSR count). The highest BCUT2D eigenvalue weighted by molar-refractivity contribution is 6.25. The number of benzene rings is 1. The van der Waals surface area contributed by atoms with E-state index in [9.17, 15) is 4.79 Å². The number of aryl methyl sites for hydroxylation is 1. The van der Waals surface area contributed by atoms with Crippen molar-refractivity contribution in [3.05, 3.63) is 40.4 Å². The van der Waals surface area contributed by atoms with Gasteiger partial charge in [0.2, 0.25) is 0 Å². The largest absolute Gasteiger partial charge is 0.489 e. The molecule has 0 spiro atoms. The van der Waals surface area contributed by atoms with Gasteiger partial charge in [-0.2, -0.15) is 0 Å². The van der Waals surface area contributed by atoms with Crippen LogP contribution in [0.5, 0.6) is 5.75 Å². The summed E-state index contributed by atoms with van der Waals surface area (Å²) in [6, 6.07) is 5.58. The Morgan fingerprint density at radius 2 is 2.25 bits per heavy atom. The highest BCUT2D eigenvalue weighted by atomic mass is 35.5. The second-order valence-corrected chi connectivity index (χ2v) is 4.15. The minimum atomic E-state index is 0.0835. The molecule has 1 aliphatic rings. The summed E-state index contributed by atoms with van der Waals surface area (Å²) in [5.74, 6) is 0.943. The Kier molecular flexibility index (Phi) is 3.30. The van der Waals surface area contributed by atoms with E-state index in [4.69, 9.17) is 16.3 Å². The Bertz CT molecular complexity index is 449. The van der Waals surface area contributed by atoms with Gasteiger partial charge in [-0.05, 0) is 49.1 Å². The van der Waals surface area contributed by atoms with Crippen LogP contribution in [0.4, 0.5) is 0 Å². The molecule has 1 aromatic rings. The topological polar surface area (TPSA) is 26.3 Å². The predicted molar refractivity (Wildman–Crippen MR) is 64.2 cm³/mol. The van der Waals surface area contributed by atoms with Crippen molar-refractivity contribution in [2.24, 2.45) is 0 Å². The van der Waals surface area contributed by atoms with E-state index in [0.717, 1.165) is 35.3 Å². The van der Waals surface area contributed by atoms with Crippen LogP contribution in [0.2, 0.25) is 0 Å². The zero-order chi connectivity index (χ0) is 11.5. The first-order valence-electron chi connectivity index (χ1n) is 5.25. The first-order valence-corrected chi connectivity index (χ1v) is 5.69. The molecule has 1 heterocycles. The maximum Gasteiger partial charge on any atom is 0.159 e. The molecule has 16 heavy (non-hydrogen) atoms. The number of carbonyl (C=O) groups excluding carboxylic acids is 1. The highest BCUT2D eigenvalue weighted by Crippen LogP contribution is 2.27. The first-order chi connectivity index (χ1) is 7.70. The minimum absolute atomic E-state index is 0.0835. The number of fused-ring (bicyclic) bond motifs is 1. The number of Topliss-reactive ketones (excluding diaryl/α,β-unsaturated/α-hetero) is 1. The van der Waals surface area contributed by atoms with Crippen LogP contribution in [0.3, 0.4) is 0 Å². The molecule has 1 aliphatic heterocycles. The molecule has 0 radical (unpaired) electrons. The summed E-state index contributed by atoms with van der Waals surface area (Å²) in [7, 11) is 0. The maximum atomic E-state index is 11.3. The van der Waals surface area contributed by atoms with E-state index in [1.165, 1.54) is 0 Å². The lowest BCUT2D eigenvalue weighted by Crippen LogP contribution is -1.99. The van der Waals surface area contributed by atoms with Crippen LogP contribution in [-0.2, 0) is 6.42 Å². The third-order valence-electron chi connectivity index (χ3n) is 2.75. The summed E-state index contributed by atoms with van der Waals surface area (Å²) in [4.78, 5) is 11.3. The molecule has 84 valence electrons. The minimum Gasteiger partial charge on any atom is -0.489 e. The zero-order valence-electron chi connectivity index (χ0n) is 9.13. The molecule has 2 nitrogen and oxygen atoms in total. The van der Waals surface area contributed by atoms with Crippen LogP contribution in [-0.4, -0.2) is 12.4 Å². The van der Waals surface area contributed by atoms with Crippen molar-refractivity contribution >= 4 is 17.4 Å². The normalized spacial score (nSPS) is 17.5. The number of hydrogen-bond donors (Lipinski definition) is 0. The molecule has 0 bridgehead atoms. The fraction of sp³-hybridized carbons (Fsp3) is 0.308. The van der Waals surface area contributed by atoms with Crippen LogP contribution >= 0.6 is 11.6 Å². The van der Waals surface area contributed by atoms with Crippen molar-refractivity contribution in [2.75, 3.05) is 6.61 Å². The number of carbonyl (C=O) groups is 1. The average Bonchev–Trinajstić information content (AvgIpc) is 2.50. The van der Waals surface area contributed by atoms with Gasteiger partial charge in [0.1, 0.15) is 12.4 Å². The van der Waals surface area contributed by atoms with Gasteiger partial charge >= 0.3 is 0 Å². The molecule has 0 aromatic heterocycles. The molecule has 0 unspecified atom stereocenters. The van der Waals surface area contributed by atoms with E-state index in [1.54, 1.807) is 18.5 Å². The lowest BCUT2D eigenvalue weighted by molar-refractivity contribution is 0.101. The predicted octanol–water partition coefficient (Wildman–Crippen LogP) is 3.34. The average molecular weight is 237 g/mol. The summed E-state index contributed by atoms with van der Waals surface area (Å²) in [6.07, 6.45) is 1.76. The smallest absolute Gasteiger partial charge is 0.159 e. The third kappa shape index (κ3) is 2.27. The van der Waals surface area contributed by atoms with Gasteiger partial charge in [0, 0.05) is 11.1 Å². The molecule has 0 aliphatic carbocycles. The van der Waals surface area contributed by atoms with Gasteiger partial charge in [-0.25, -0.2) is 0 Å². The maximum absolute atomic E-state index is 11.3. The fourth-order valence-corrected chi connectivity index (χ4v) is 1.93. The third-order valence-corrected chi connectivity index (χ3v) is 3.06. The van der Waals surface area contributed by atoms with Crippen molar-refractivity contribution < 1.29 is 9.53 Å². The molecule has 0 N–H and O–H groups in total. The monoisotopic (exact) mass is 236 g/mol. The SMILES string of the molecule is CC(=O)c1ccc2c(c1)CC/C(=C\Cl)CO2. The molecule has 0 saturated heterocycles. The van der Waals surface area contributed by atoms with E-state index < -0.39 is 0 Å². The van der Waals surface area contributed by atoms with E-state index in [2.05, 4.69) is 0 Å². The van der Waals surface area contributed by atoms with Gasteiger partial charge in [-0.1, -0.05) is 11.6 Å². The van der Waals surface area contributed by atoms with Crippen molar-refractivity contribution in [1.82, 2.24) is 0 Å². The summed E-state index contributed by atoms with van der Waals surface area (Å²) >= 11 is 5.68. The lowest BCUT2D eigenvalue weighted by atomic mass is 10.0. The Labute approximate surface area is 99.9 Å². The highest BCUT2D eigenvalue weighted by Gasteiger charge is 2.13. The van der Waals surface area contributed by atoms with Gasteiger partial charge in [0.05, 0.1) is 0 Å². The summed E-state index contributed by atoms with van der Waals surface area (Å²) in [5.41, 5.74) is 4.49. The number of ether oxygens (including phenoxy) is 1. The molecule has 3 heteroatoms. The van der Waals surface area contributed by atoms with E-state index >= 15 is 0 Å². The Balaban J connectivity index is 2.32. The van der Waals surface area contributed by atoms with Crippen molar-refractivity contribution in [3.63, 3.8) is 0 Å². The number of hydrogen-bond acceptors (Lipinski definition) is 2. The Hall–Kier alpha value is -1.28. The van der Waals surface area contributed by atoms with Gasteiger partial charge in [0.15, 0.2) is 5.78 Å². The van der Waals surface area contributed by atoms with Crippen molar-refractivity contribution in [3.8, 4) is 5.75 Å². The van der Waals surface area contributed by atoms with Crippen LogP contribution in [0.15, 0.2) is 29.3 Å². The molecule has 0 fully saturated rings. The van der Waals surface area contributed by atoms with E-state index in [-0.39, 0.29) is 5.78 Å². The molecular weight excluding hydrogens is 224 g/mol. The quantitative estimate of drug-likeness (QED) is 0.699. The fourth-order valence-electron chi connectivity index (χ4n) is 1.76. The molecule has 0 amide bonds. The number of halogens is 1. The van der Waals surface area contributed by atoms with Crippen molar-refractivity contribution in [1.29, 1.82) is 0 Å². The summed E-state index contributed by atoms with van der Waals surface area (Å²) in [6.45, 7) is 2.11. The number of rotatable bonds is 1. The standard InChI is InChI=1S/C13H13ClO2/c1-9(15)11-4-5-13-12(6-11)3-2-10(7-14)8-16-13/h4-7H,2-3,8H2,1H3/b10-7+.